The SMILES string of the molecule is Cc1cc(CN2CC[C@H]3O[C@H](C(=O)NCc4ccco4)CC[C@H]32)no1.O=C(O)C(F)(F)F. The number of amides is 1. The van der Waals surface area contributed by atoms with Crippen LogP contribution in [0, 0.1) is 6.92 Å². The summed E-state index contributed by atoms with van der Waals surface area (Å²) in [5, 5.41) is 14.1. The van der Waals surface area contributed by atoms with Crippen LogP contribution >= 0.6 is 0 Å². The molecule has 2 aromatic heterocycles. The van der Waals surface area contributed by atoms with Crippen molar-refractivity contribution in [2.24, 2.45) is 0 Å². The normalized spacial score (nSPS) is 23.2. The van der Waals surface area contributed by atoms with Crippen LogP contribution in [-0.2, 0) is 27.4 Å². The van der Waals surface area contributed by atoms with Crippen LogP contribution < -0.4 is 5.32 Å². The maximum Gasteiger partial charge on any atom is 0.490 e. The van der Waals surface area contributed by atoms with Gasteiger partial charge in [-0.3, -0.25) is 9.69 Å². The van der Waals surface area contributed by atoms with Crippen LogP contribution in [0.5, 0.6) is 0 Å². The lowest BCUT2D eigenvalue weighted by Gasteiger charge is -2.35. The number of fused-ring (bicyclic) bond motifs is 1. The average molecular weight is 459 g/mol. The highest BCUT2D eigenvalue weighted by atomic mass is 19.4. The Morgan fingerprint density at radius 2 is 2.06 bits per heavy atom. The van der Waals surface area contributed by atoms with Gasteiger partial charge in [-0.05, 0) is 38.3 Å². The zero-order chi connectivity index (χ0) is 23.3. The second-order valence-corrected chi connectivity index (χ2v) is 7.60. The molecule has 4 rings (SSSR count). The standard InChI is InChI=1S/C18H23N3O4.C2HF3O2/c1-12-9-13(20-25-12)11-21-7-6-16-15(21)4-5-17(24-16)18(22)19-10-14-3-2-8-23-14;3-2(4,5)1(6)7/h2-3,8-9,15-17H,4-7,10-11H2,1H3,(H,19,22);(H,6,7)/t15-,16-,17+;/m1./s1. The Hall–Kier alpha value is -2.86. The van der Waals surface area contributed by atoms with Crippen molar-refractivity contribution in [3.8, 4) is 0 Å². The first-order valence-corrected chi connectivity index (χ1v) is 10.1. The molecule has 12 heteroatoms. The molecule has 1 amide bonds. The van der Waals surface area contributed by atoms with Gasteiger partial charge in [0.2, 0.25) is 5.91 Å². The van der Waals surface area contributed by atoms with Gasteiger partial charge in [-0.15, -0.1) is 0 Å². The highest BCUT2D eigenvalue weighted by molar-refractivity contribution is 5.80. The van der Waals surface area contributed by atoms with Crippen molar-refractivity contribution in [2.75, 3.05) is 6.54 Å². The highest BCUT2D eigenvalue weighted by Crippen LogP contribution is 2.32. The average Bonchev–Trinajstić information content (AvgIpc) is 3.48. The predicted octanol–water partition coefficient (Wildman–Crippen LogP) is 2.65. The van der Waals surface area contributed by atoms with E-state index in [9.17, 15) is 18.0 Å². The van der Waals surface area contributed by atoms with Gasteiger partial charge in [0.25, 0.3) is 0 Å². The van der Waals surface area contributed by atoms with Crippen LogP contribution in [0.2, 0.25) is 0 Å². The number of alkyl halides is 3. The number of carboxylic acid groups (broad SMARTS) is 1. The number of hydrogen-bond acceptors (Lipinski definition) is 7. The molecule has 0 aromatic carbocycles. The molecule has 4 heterocycles. The van der Waals surface area contributed by atoms with Gasteiger partial charge in [0.15, 0.2) is 0 Å². The quantitative estimate of drug-likeness (QED) is 0.701. The van der Waals surface area contributed by atoms with E-state index in [2.05, 4.69) is 15.4 Å². The maximum absolute atomic E-state index is 12.3. The first-order valence-electron chi connectivity index (χ1n) is 10.1. The monoisotopic (exact) mass is 459 g/mol. The van der Waals surface area contributed by atoms with E-state index in [1.54, 1.807) is 6.26 Å². The van der Waals surface area contributed by atoms with Crippen LogP contribution in [0.3, 0.4) is 0 Å². The molecule has 0 aliphatic carbocycles. The molecule has 9 nitrogen and oxygen atoms in total. The summed E-state index contributed by atoms with van der Waals surface area (Å²) in [7, 11) is 0. The molecule has 2 aromatic rings. The molecular formula is C20H24F3N3O6. The Bertz CT molecular complexity index is 899. The molecule has 2 saturated heterocycles. The molecule has 0 unspecified atom stereocenters. The minimum atomic E-state index is -5.08. The summed E-state index contributed by atoms with van der Waals surface area (Å²) in [5.41, 5.74) is 0.955. The third-order valence-corrected chi connectivity index (χ3v) is 5.26. The number of likely N-dealkylation sites (tertiary alicyclic amines) is 1. The van der Waals surface area contributed by atoms with Crippen LogP contribution in [-0.4, -0.2) is 58.0 Å². The number of carboxylic acids is 1. The van der Waals surface area contributed by atoms with E-state index in [1.165, 1.54) is 0 Å². The van der Waals surface area contributed by atoms with E-state index < -0.39 is 12.1 Å². The third-order valence-electron chi connectivity index (χ3n) is 5.26. The van der Waals surface area contributed by atoms with Gasteiger partial charge in [0.05, 0.1) is 24.6 Å². The molecule has 0 saturated carbocycles. The molecule has 2 fully saturated rings. The molecule has 0 bridgehead atoms. The Kier molecular flexibility index (Phi) is 7.56. The minimum absolute atomic E-state index is 0.0552. The zero-order valence-corrected chi connectivity index (χ0v) is 17.3. The van der Waals surface area contributed by atoms with E-state index in [1.807, 2.05) is 25.1 Å². The molecule has 0 spiro atoms. The Morgan fingerprint density at radius 3 is 2.66 bits per heavy atom. The van der Waals surface area contributed by atoms with Gasteiger partial charge in [-0.1, -0.05) is 5.16 Å². The van der Waals surface area contributed by atoms with Gasteiger partial charge in [-0.2, -0.15) is 13.2 Å². The molecule has 2 N–H and O–H groups in total. The molecular weight excluding hydrogens is 435 g/mol. The summed E-state index contributed by atoms with van der Waals surface area (Å²) in [6.45, 7) is 4.04. The van der Waals surface area contributed by atoms with Gasteiger partial charge in [-0.25, -0.2) is 4.79 Å². The lowest BCUT2D eigenvalue weighted by molar-refractivity contribution is -0.192. The Morgan fingerprint density at radius 1 is 1.31 bits per heavy atom. The summed E-state index contributed by atoms with van der Waals surface area (Å²) >= 11 is 0. The maximum atomic E-state index is 12.3. The number of aliphatic carboxylic acids is 1. The highest BCUT2D eigenvalue weighted by Gasteiger charge is 2.41. The van der Waals surface area contributed by atoms with Crippen molar-refractivity contribution >= 4 is 11.9 Å². The van der Waals surface area contributed by atoms with Crippen LogP contribution in [0.25, 0.3) is 0 Å². The van der Waals surface area contributed by atoms with Crippen LogP contribution in [0.4, 0.5) is 13.2 Å². The number of aromatic nitrogens is 1. The fourth-order valence-corrected chi connectivity index (χ4v) is 3.81. The third kappa shape index (κ3) is 6.33. The lowest BCUT2D eigenvalue weighted by Crippen LogP contribution is -2.47. The number of ether oxygens (including phenoxy) is 1. The molecule has 176 valence electrons. The van der Waals surface area contributed by atoms with Gasteiger partial charge >= 0.3 is 12.1 Å². The van der Waals surface area contributed by atoms with Crippen molar-refractivity contribution in [1.82, 2.24) is 15.4 Å². The van der Waals surface area contributed by atoms with E-state index in [0.717, 1.165) is 49.6 Å². The van der Waals surface area contributed by atoms with Crippen molar-refractivity contribution < 1.29 is 41.5 Å². The molecule has 3 atom stereocenters. The predicted molar refractivity (Wildman–Crippen MR) is 102 cm³/mol. The van der Waals surface area contributed by atoms with Crippen LogP contribution in [0.1, 0.15) is 36.5 Å². The fraction of sp³-hybridized carbons (Fsp3) is 0.550. The zero-order valence-electron chi connectivity index (χ0n) is 17.3. The number of carbonyl (C=O) groups is 2. The van der Waals surface area contributed by atoms with E-state index in [-0.39, 0.29) is 18.1 Å². The summed E-state index contributed by atoms with van der Waals surface area (Å²) in [5.74, 6) is -1.23. The van der Waals surface area contributed by atoms with E-state index >= 15 is 0 Å². The lowest BCUT2D eigenvalue weighted by atomic mass is 9.98. The number of nitrogens with one attached hydrogen (secondary N) is 1. The second-order valence-electron chi connectivity index (χ2n) is 7.60. The number of carbonyl (C=O) groups excluding carboxylic acids is 1. The summed E-state index contributed by atoms with van der Waals surface area (Å²) < 4.78 is 48.2. The largest absolute Gasteiger partial charge is 0.490 e. The molecule has 32 heavy (non-hydrogen) atoms. The second kappa shape index (κ2) is 10.2. The van der Waals surface area contributed by atoms with Gasteiger partial charge < -0.3 is 24.1 Å². The first-order chi connectivity index (χ1) is 15.1. The summed E-state index contributed by atoms with van der Waals surface area (Å²) in [6, 6.07) is 5.98. The van der Waals surface area contributed by atoms with E-state index in [4.69, 9.17) is 23.6 Å². The molecule has 2 aliphatic rings. The fourth-order valence-electron chi connectivity index (χ4n) is 3.81. The van der Waals surface area contributed by atoms with Crippen molar-refractivity contribution in [2.45, 2.75) is 63.7 Å². The topological polar surface area (TPSA) is 118 Å². The number of hydrogen-bond donors (Lipinski definition) is 2. The van der Waals surface area contributed by atoms with Crippen molar-refractivity contribution in [1.29, 1.82) is 0 Å². The van der Waals surface area contributed by atoms with E-state index in [0.29, 0.717) is 12.6 Å². The summed E-state index contributed by atoms with van der Waals surface area (Å²) in [6.07, 6.45) is -1.10. The van der Waals surface area contributed by atoms with Crippen molar-refractivity contribution in [3.63, 3.8) is 0 Å². The number of aryl methyl sites for hydroxylation is 1. The van der Waals surface area contributed by atoms with Gasteiger partial charge in [0.1, 0.15) is 17.6 Å². The smallest absolute Gasteiger partial charge is 0.475 e. The van der Waals surface area contributed by atoms with Crippen LogP contribution in [0.15, 0.2) is 33.4 Å². The number of furan rings is 1. The number of nitrogens with zero attached hydrogens (tertiary/aromatic N) is 2. The molecule has 2 aliphatic heterocycles. The first kappa shape index (κ1) is 23.8. The Balaban J connectivity index is 0.000000360. The van der Waals surface area contributed by atoms with Gasteiger partial charge in [0, 0.05) is 25.2 Å². The minimum Gasteiger partial charge on any atom is -0.475 e. The van der Waals surface area contributed by atoms with Crippen molar-refractivity contribution in [3.05, 3.63) is 41.7 Å². The Labute approximate surface area is 181 Å². The number of rotatable bonds is 5. The molecule has 0 radical (unpaired) electrons. The number of halogens is 3. The summed E-state index contributed by atoms with van der Waals surface area (Å²) in [4.78, 5) is 23.6.